The van der Waals surface area contributed by atoms with E-state index in [-0.39, 0.29) is 18.1 Å². The van der Waals surface area contributed by atoms with E-state index in [4.69, 9.17) is 0 Å². The lowest BCUT2D eigenvalue weighted by Crippen LogP contribution is -2.55. The molecule has 0 bridgehead atoms. The number of carbonyl (C=O) groups excluding carboxylic acids is 1. The zero-order valence-corrected chi connectivity index (χ0v) is 12.4. The van der Waals surface area contributed by atoms with E-state index < -0.39 is 0 Å². The van der Waals surface area contributed by atoms with E-state index in [9.17, 15) is 9.18 Å². The Morgan fingerprint density at radius 1 is 1.24 bits per heavy atom. The maximum Gasteiger partial charge on any atom is 0.227 e. The average molecular weight is 290 g/mol. The molecule has 2 saturated heterocycles. The fourth-order valence-corrected chi connectivity index (χ4v) is 3.63. The fourth-order valence-electron chi connectivity index (χ4n) is 3.63. The molecule has 0 spiro atoms. The minimum atomic E-state index is -0.279. The van der Waals surface area contributed by atoms with Crippen molar-refractivity contribution in [3.8, 4) is 0 Å². The quantitative estimate of drug-likeness (QED) is 0.907. The number of amides is 1. The number of fused-ring (bicyclic) bond motifs is 1. The first-order chi connectivity index (χ1) is 10.3. The third-order valence-corrected chi connectivity index (χ3v) is 4.73. The third-order valence-electron chi connectivity index (χ3n) is 4.73. The summed E-state index contributed by atoms with van der Waals surface area (Å²) in [5.41, 5.74) is 0.506. The van der Waals surface area contributed by atoms with Crippen LogP contribution in [-0.2, 0) is 11.2 Å². The van der Waals surface area contributed by atoms with Crippen LogP contribution in [0.5, 0.6) is 0 Å². The molecule has 21 heavy (non-hydrogen) atoms. The van der Waals surface area contributed by atoms with Crippen LogP contribution < -0.4 is 5.32 Å². The number of rotatable bonds is 2. The molecular weight excluding hydrogens is 267 g/mol. The van der Waals surface area contributed by atoms with E-state index in [0.29, 0.717) is 17.6 Å². The zero-order chi connectivity index (χ0) is 14.7. The lowest BCUT2D eigenvalue weighted by Gasteiger charge is -2.41. The molecule has 2 fully saturated rings. The Bertz CT molecular complexity index is 505. The minimum Gasteiger partial charge on any atom is -0.338 e. The highest BCUT2D eigenvalue weighted by Crippen LogP contribution is 2.25. The van der Waals surface area contributed by atoms with Crippen LogP contribution in [0.2, 0.25) is 0 Å². The van der Waals surface area contributed by atoms with Crippen molar-refractivity contribution in [3.05, 3.63) is 35.6 Å². The van der Waals surface area contributed by atoms with Crippen molar-refractivity contribution in [2.24, 2.45) is 0 Å². The Balaban J connectivity index is 1.72. The maximum atomic E-state index is 13.7. The molecular formula is C17H23FN2O. The van der Waals surface area contributed by atoms with Gasteiger partial charge in [0.2, 0.25) is 5.91 Å². The smallest absolute Gasteiger partial charge is 0.227 e. The normalized spacial score (nSPS) is 26.0. The van der Waals surface area contributed by atoms with Crippen molar-refractivity contribution in [1.29, 1.82) is 0 Å². The van der Waals surface area contributed by atoms with Gasteiger partial charge in [-0.05, 0) is 43.9 Å². The van der Waals surface area contributed by atoms with Crippen LogP contribution in [0.1, 0.15) is 37.7 Å². The second-order valence-electron chi connectivity index (χ2n) is 6.12. The predicted molar refractivity (Wildman–Crippen MR) is 80.5 cm³/mol. The van der Waals surface area contributed by atoms with Crippen LogP contribution in [0, 0.1) is 5.82 Å². The number of hydrogen-bond acceptors (Lipinski definition) is 2. The van der Waals surface area contributed by atoms with Gasteiger partial charge in [-0.25, -0.2) is 4.39 Å². The highest BCUT2D eigenvalue weighted by Gasteiger charge is 2.34. The van der Waals surface area contributed by atoms with Crippen LogP contribution in [0.15, 0.2) is 24.3 Å². The van der Waals surface area contributed by atoms with Crippen molar-refractivity contribution in [2.45, 2.75) is 50.6 Å². The zero-order valence-electron chi connectivity index (χ0n) is 12.4. The van der Waals surface area contributed by atoms with Crippen molar-refractivity contribution in [2.75, 3.05) is 13.1 Å². The summed E-state index contributed by atoms with van der Waals surface area (Å²) in [5, 5.41) is 3.58. The molecule has 1 N–H and O–H groups in total. The van der Waals surface area contributed by atoms with E-state index in [2.05, 4.69) is 5.32 Å². The van der Waals surface area contributed by atoms with E-state index >= 15 is 0 Å². The Kier molecular flexibility index (Phi) is 4.54. The molecule has 0 radical (unpaired) electrons. The number of halogens is 1. The average Bonchev–Trinajstić information content (AvgIpc) is 2.74. The lowest BCUT2D eigenvalue weighted by atomic mass is 9.92. The number of benzene rings is 1. The number of likely N-dealkylation sites (tertiary alicyclic amines) is 1. The van der Waals surface area contributed by atoms with Crippen molar-refractivity contribution in [3.63, 3.8) is 0 Å². The second-order valence-corrected chi connectivity index (χ2v) is 6.12. The molecule has 0 aliphatic carbocycles. The van der Waals surface area contributed by atoms with Gasteiger partial charge in [0.25, 0.3) is 0 Å². The van der Waals surface area contributed by atoms with Gasteiger partial charge in [-0.1, -0.05) is 24.6 Å². The Hall–Kier alpha value is -1.42. The minimum absolute atomic E-state index is 0.0681. The monoisotopic (exact) mass is 290 g/mol. The van der Waals surface area contributed by atoms with Crippen molar-refractivity contribution in [1.82, 2.24) is 10.2 Å². The van der Waals surface area contributed by atoms with Gasteiger partial charge < -0.3 is 10.2 Å². The first kappa shape index (κ1) is 14.5. The predicted octanol–water partition coefficient (Wildman–Crippen LogP) is 2.50. The number of hydrogen-bond donors (Lipinski definition) is 1. The molecule has 3 rings (SSSR count). The highest BCUT2D eigenvalue weighted by molar-refractivity contribution is 5.79. The van der Waals surface area contributed by atoms with Gasteiger partial charge in [0.1, 0.15) is 5.82 Å². The third kappa shape index (κ3) is 3.26. The molecule has 3 nitrogen and oxygen atoms in total. The van der Waals surface area contributed by atoms with Crippen LogP contribution in [0.3, 0.4) is 0 Å². The van der Waals surface area contributed by atoms with Crippen molar-refractivity contribution < 1.29 is 9.18 Å². The maximum absolute atomic E-state index is 13.7. The number of carbonyl (C=O) groups is 1. The summed E-state index contributed by atoms with van der Waals surface area (Å²) in [6, 6.07) is 7.30. The molecule has 2 heterocycles. The lowest BCUT2D eigenvalue weighted by molar-refractivity contribution is -0.135. The van der Waals surface area contributed by atoms with E-state index in [0.717, 1.165) is 38.8 Å². The van der Waals surface area contributed by atoms with Gasteiger partial charge in [0.15, 0.2) is 0 Å². The van der Waals surface area contributed by atoms with Gasteiger partial charge >= 0.3 is 0 Å². The summed E-state index contributed by atoms with van der Waals surface area (Å²) < 4.78 is 13.7. The van der Waals surface area contributed by atoms with Gasteiger partial charge in [0.05, 0.1) is 6.42 Å². The summed E-state index contributed by atoms with van der Waals surface area (Å²) in [6.07, 6.45) is 5.78. The van der Waals surface area contributed by atoms with Gasteiger partial charge in [-0.15, -0.1) is 0 Å². The molecule has 114 valence electrons. The number of piperidine rings is 1. The Morgan fingerprint density at radius 3 is 2.95 bits per heavy atom. The molecule has 0 aromatic heterocycles. The Labute approximate surface area is 125 Å². The second kappa shape index (κ2) is 6.56. The summed E-state index contributed by atoms with van der Waals surface area (Å²) in [5.74, 6) is -0.211. The summed E-state index contributed by atoms with van der Waals surface area (Å²) in [4.78, 5) is 14.6. The van der Waals surface area contributed by atoms with Gasteiger partial charge in [-0.3, -0.25) is 4.79 Å². The van der Waals surface area contributed by atoms with E-state index in [1.165, 1.54) is 12.5 Å². The van der Waals surface area contributed by atoms with Crippen LogP contribution in [-0.4, -0.2) is 36.0 Å². The largest absolute Gasteiger partial charge is 0.338 e. The number of nitrogens with one attached hydrogen (secondary N) is 1. The van der Waals surface area contributed by atoms with Gasteiger partial charge in [-0.2, -0.15) is 0 Å². The first-order valence-electron chi connectivity index (χ1n) is 8.02. The van der Waals surface area contributed by atoms with Gasteiger partial charge in [0, 0.05) is 18.6 Å². The van der Waals surface area contributed by atoms with Crippen molar-refractivity contribution >= 4 is 5.91 Å². The molecule has 4 heteroatoms. The Morgan fingerprint density at radius 2 is 2.10 bits per heavy atom. The molecule has 1 amide bonds. The molecule has 1 aromatic rings. The molecule has 2 aliphatic heterocycles. The van der Waals surface area contributed by atoms with Crippen LogP contribution in [0.4, 0.5) is 4.39 Å². The molecule has 1 aromatic carbocycles. The highest BCUT2D eigenvalue weighted by atomic mass is 19.1. The summed E-state index contributed by atoms with van der Waals surface area (Å²) in [7, 11) is 0. The standard InChI is InChI=1S/C17H23FN2O/c18-14-7-2-1-6-13(14)12-17(21)20-11-5-8-15-16(20)9-3-4-10-19-15/h1-2,6-7,15-16,19H,3-5,8-12H2/t15-,16+/m1/s1. The number of nitrogens with zero attached hydrogens (tertiary/aromatic N) is 1. The molecule has 0 saturated carbocycles. The van der Waals surface area contributed by atoms with Crippen LogP contribution >= 0.6 is 0 Å². The SMILES string of the molecule is O=C(Cc1ccccc1F)N1CCC[C@H]2NCCCC[C@@H]21. The summed E-state index contributed by atoms with van der Waals surface area (Å²) in [6.45, 7) is 1.87. The van der Waals surface area contributed by atoms with Crippen LogP contribution in [0.25, 0.3) is 0 Å². The summed E-state index contributed by atoms with van der Waals surface area (Å²) >= 11 is 0. The topological polar surface area (TPSA) is 32.3 Å². The molecule has 2 aliphatic rings. The fraction of sp³-hybridized carbons (Fsp3) is 0.588. The molecule has 0 unspecified atom stereocenters. The first-order valence-corrected chi connectivity index (χ1v) is 8.02. The molecule has 2 atom stereocenters. The van der Waals surface area contributed by atoms with E-state index in [1.807, 2.05) is 4.90 Å². The van der Waals surface area contributed by atoms with E-state index in [1.54, 1.807) is 18.2 Å².